The molecule has 0 aliphatic carbocycles. The maximum atomic E-state index is 12.0. The van der Waals surface area contributed by atoms with Crippen LogP contribution < -0.4 is 5.32 Å². The van der Waals surface area contributed by atoms with Gasteiger partial charge in [0.05, 0.1) is 11.4 Å². The van der Waals surface area contributed by atoms with Crippen LogP contribution in [0.25, 0.3) is 0 Å². The standard InChI is InChI=1S/C13H19N3O4/c1-8-12(13(18)19)9(2)16(15-8)7-11(17)14-10-3-5-20-6-4-10/h10H,3-7H2,1-2H3,(H,14,17)(H,18,19). The number of aryl methyl sites for hydroxylation is 1. The number of aromatic carboxylic acids is 1. The van der Waals surface area contributed by atoms with E-state index in [9.17, 15) is 9.59 Å². The summed E-state index contributed by atoms with van der Waals surface area (Å²) in [5.41, 5.74) is 1.09. The van der Waals surface area contributed by atoms with Gasteiger partial charge in [0.1, 0.15) is 12.1 Å². The zero-order valence-electron chi connectivity index (χ0n) is 11.7. The van der Waals surface area contributed by atoms with Crippen molar-refractivity contribution >= 4 is 11.9 Å². The Hall–Kier alpha value is -1.89. The first-order chi connectivity index (χ1) is 9.49. The number of ether oxygens (including phenoxy) is 1. The summed E-state index contributed by atoms with van der Waals surface area (Å²) in [6.07, 6.45) is 1.62. The summed E-state index contributed by atoms with van der Waals surface area (Å²) in [5, 5.41) is 16.1. The quantitative estimate of drug-likeness (QED) is 0.838. The van der Waals surface area contributed by atoms with Crippen LogP contribution in [0.1, 0.15) is 34.6 Å². The highest BCUT2D eigenvalue weighted by molar-refractivity contribution is 5.90. The zero-order chi connectivity index (χ0) is 14.7. The van der Waals surface area contributed by atoms with Gasteiger partial charge in [0.15, 0.2) is 0 Å². The number of carbonyl (C=O) groups is 2. The number of rotatable bonds is 4. The molecule has 0 unspecified atom stereocenters. The van der Waals surface area contributed by atoms with Crippen LogP contribution in [0.3, 0.4) is 0 Å². The Morgan fingerprint density at radius 1 is 1.40 bits per heavy atom. The van der Waals surface area contributed by atoms with E-state index < -0.39 is 5.97 Å². The number of carboxylic acid groups (broad SMARTS) is 1. The molecule has 1 saturated heterocycles. The van der Waals surface area contributed by atoms with Crippen LogP contribution in [0.4, 0.5) is 0 Å². The topological polar surface area (TPSA) is 93.5 Å². The molecule has 0 atom stereocenters. The second kappa shape index (κ2) is 6.04. The van der Waals surface area contributed by atoms with Crippen molar-refractivity contribution in [2.45, 2.75) is 39.3 Å². The Kier molecular flexibility index (Phi) is 4.39. The van der Waals surface area contributed by atoms with Gasteiger partial charge in [0.2, 0.25) is 5.91 Å². The molecule has 0 saturated carbocycles. The number of aromatic nitrogens is 2. The SMILES string of the molecule is Cc1nn(CC(=O)NC2CCOCC2)c(C)c1C(=O)O. The van der Waals surface area contributed by atoms with Crippen LogP contribution >= 0.6 is 0 Å². The summed E-state index contributed by atoms with van der Waals surface area (Å²) in [7, 11) is 0. The molecular weight excluding hydrogens is 262 g/mol. The first-order valence-electron chi connectivity index (χ1n) is 6.63. The van der Waals surface area contributed by atoms with Crippen molar-refractivity contribution in [3.05, 3.63) is 17.0 Å². The largest absolute Gasteiger partial charge is 0.478 e. The highest BCUT2D eigenvalue weighted by Gasteiger charge is 2.20. The molecule has 110 valence electrons. The average molecular weight is 281 g/mol. The second-order valence-electron chi connectivity index (χ2n) is 4.96. The number of amides is 1. The molecule has 1 aromatic heterocycles. The van der Waals surface area contributed by atoms with E-state index in [0.717, 1.165) is 12.8 Å². The Balaban J connectivity index is 2.00. The molecule has 1 amide bonds. The first kappa shape index (κ1) is 14.5. The lowest BCUT2D eigenvalue weighted by Crippen LogP contribution is -2.40. The fourth-order valence-corrected chi connectivity index (χ4v) is 2.41. The molecule has 2 N–H and O–H groups in total. The maximum absolute atomic E-state index is 12.0. The molecule has 1 aliphatic heterocycles. The van der Waals surface area contributed by atoms with Crippen LogP contribution in [0.5, 0.6) is 0 Å². The number of carbonyl (C=O) groups excluding carboxylic acids is 1. The van der Waals surface area contributed by atoms with Gasteiger partial charge in [0.25, 0.3) is 0 Å². The first-order valence-corrected chi connectivity index (χ1v) is 6.63. The lowest BCUT2D eigenvalue weighted by atomic mass is 10.1. The van der Waals surface area contributed by atoms with Crippen molar-refractivity contribution < 1.29 is 19.4 Å². The third kappa shape index (κ3) is 3.16. The smallest absolute Gasteiger partial charge is 0.339 e. The predicted molar refractivity (Wildman–Crippen MR) is 70.6 cm³/mol. The van der Waals surface area contributed by atoms with E-state index in [-0.39, 0.29) is 24.1 Å². The van der Waals surface area contributed by atoms with Crippen molar-refractivity contribution in [2.24, 2.45) is 0 Å². The maximum Gasteiger partial charge on any atom is 0.339 e. The summed E-state index contributed by atoms with van der Waals surface area (Å²) in [6, 6.07) is 0.132. The van der Waals surface area contributed by atoms with E-state index in [0.29, 0.717) is 24.6 Å². The number of nitrogens with one attached hydrogen (secondary N) is 1. The highest BCUT2D eigenvalue weighted by Crippen LogP contribution is 2.13. The van der Waals surface area contributed by atoms with Gasteiger partial charge in [-0.05, 0) is 26.7 Å². The van der Waals surface area contributed by atoms with Gasteiger partial charge in [-0.25, -0.2) is 4.79 Å². The Morgan fingerprint density at radius 3 is 2.60 bits per heavy atom. The highest BCUT2D eigenvalue weighted by atomic mass is 16.5. The van der Waals surface area contributed by atoms with Crippen LogP contribution in [-0.4, -0.2) is 46.0 Å². The Morgan fingerprint density at radius 2 is 2.05 bits per heavy atom. The van der Waals surface area contributed by atoms with Crippen LogP contribution in [0.2, 0.25) is 0 Å². The molecular formula is C13H19N3O4. The number of hydrogen-bond donors (Lipinski definition) is 2. The van der Waals surface area contributed by atoms with Gasteiger partial charge < -0.3 is 15.2 Å². The molecule has 7 nitrogen and oxygen atoms in total. The zero-order valence-corrected chi connectivity index (χ0v) is 11.7. The van der Waals surface area contributed by atoms with Crippen LogP contribution in [0, 0.1) is 13.8 Å². The van der Waals surface area contributed by atoms with Gasteiger partial charge in [-0.1, -0.05) is 0 Å². The summed E-state index contributed by atoms with van der Waals surface area (Å²) < 4.78 is 6.67. The van der Waals surface area contributed by atoms with Crippen molar-refractivity contribution in [1.29, 1.82) is 0 Å². The average Bonchev–Trinajstić information content (AvgIpc) is 2.65. The van der Waals surface area contributed by atoms with E-state index >= 15 is 0 Å². The monoisotopic (exact) mass is 281 g/mol. The van der Waals surface area contributed by atoms with Gasteiger partial charge in [-0.2, -0.15) is 5.10 Å². The molecule has 20 heavy (non-hydrogen) atoms. The predicted octanol–water partition coefficient (Wildman–Crippen LogP) is 0.493. The summed E-state index contributed by atoms with van der Waals surface area (Å²) in [4.78, 5) is 23.1. The van der Waals surface area contributed by atoms with Gasteiger partial charge in [0, 0.05) is 19.3 Å². The van der Waals surface area contributed by atoms with Crippen molar-refractivity contribution in [3.8, 4) is 0 Å². The summed E-state index contributed by atoms with van der Waals surface area (Å²) in [6.45, 7) is 4.65. The van der Waals surface area contributed by atoms with E-state index in [1.54, 1.807) is 13.8 Å². The van der Waals surface area contributed by atoms with Crippen molar-refractivity contribution in [3.63, 3.8) is 0 Å². The fraction of sp³-hybridized carbons (Fsp3) is 0.615. The molecule has 0 radical (unpaired) electrons. The molecule has 2 heterocycles. The fourth-order valence-electron chi connectivity index (χ4n) is 2.41. The second-order valence-corrected chi connectivity index (χ2v) is 4.96. The molecule has 0 aromatic carbocycles. The van der Waals surface area contributed by atoms with E-state index in [2.05, 4.69) is 10.4 Å². The van der Waals surface area contributed by atoms with E-state index in [1.165, 1.54) is 4.68 Å². The number of carboxylic acids is 1. The lowest BCUT2D eigenvalue weighted by molar-refractivity contribution is -0.123. The third-order valence-corrected chi connectivity index (χ3v) is 3.48. The van der Waals surface area contributed by atoms with E-state index in [1.807, 2.05) is 0 Å². The van der Waals surface area contributed by atoms with Crippen molar-refractivity contribution in [2.75, 3.05) is 13.2 Å². The van der Waals surface area contributed by atoms with Gasteiger partial charge >= 0.3 is 5.97 Å². The molecule has 1 aromatic rings. The summed E-state index contributed by atoms with van der Waals surface area (Å²) in [5.74, 6) is -1.17. The molecule has 0 spiro atoms. The normalized spacial score (nSPS) is 16.1. The Labute approximate surface area is 116 Å². The van der Waals surface area contributed by atoms with Crippen LogP contribution in [-0.2, 0) is 16.1 Å². The minimum Gasteiger partial charge on any atom is -0.478 e. The van der Waals surface area contributed by atoms with Crippen molar-refractivity contribution in [1.82, 2.24) is 15.1 Å². The third-order valence-electron chi connectivity index (χ3n) is 3.48. The molecule has 0 bridgehead atoms. The van der Waals surface area contributed by atoms with Crippen LogP contribution in [0.15, 0.2) is 0 Å². The minimum absolute atomic E-state index is 0.0390. The van der Waals surface area contributed by atoms with Gasteiger partial charge in [-0.15, -0.1) is 0 Å². The number of hydrogen-bond acceptors (Lipinski definition) is 4. The minimum atomic E-state index is -1.02. The molecule has 7 heteroatoms. The molecule has 1 fully saturated rings. The lowest BCUT2D eigenvalue weighted by Gasteiger charge is -2.23. The van der Waals surface area contributed by atoms with E-state index in [4.69, 9.17) is 9.84 Å². The number of nitrogens with zero attached hydrogens (tertiary/aromatic N) is 2. The Bertz CT molecular complexity index is 518. The summed E-state index contributed by atoms with van der Waals surface area (Å²) >= 11 is 0. The molecule has 1 aliphatic rings. The van der Waals surface area contributed by atoms with Gasteiger partial charge in [-0.3, -0.25) is 9.48 Å². The molecule has 2 rings (SSSR count).